The second kappa shape index (κ2) is 15.7. The molecule has 10 heavy (non-hydrogen) atoms. The Hall–Kier alpha value is -0.880. The molecular formula is C2H8Cl2N2O4. The van der Waals surface area contributed by atoms with Crippen LogP contribution in [-0.4, -0.2) is 22.4 Å². The van der Waals surface area contributed by atoms with Crippen molar-refractivity contribution in [1.82, 2.24) is 0 Å². The van der Waals surface area contributed by atoms with Gasteiger partial charge in [0.1, 0.15) is 0 Å². The Balaban J connectivity index is -0.0000000300. The van der Waals surface area contributed by atoms with E-state index in [0.29, 0.717) is 0 Å². The molecule has 0 unspecified atom stereocenters. The molecule has 0 bridgehead atoms. The first-order valence-corrected chi connectivity index (χ1v) is 1.43. The first-order valence-electron chi connectivity index (χ1n) is 1.43. The number of hydrogen-bond acceptors (Lipinski definition) is 2. The zero-order valence-corrected chi connectivity index (χ0v) is 6.32. The number of primary amides is 2. The summed E-state index contributed by atoms with van der Waals surface area (Å²) < 4.78 is 0. The predicted molar refractivity (Wildman–Crippen MR) is 38.9 cm³/mol. The van der Waals surface area contributed by atoms with Gasteiger partial charge >= 0.3 is 12.2 Å². The van der Waals surface area contributed by atoms with E-state index in [2.05, 4.69) is 11.5 Å². The van der Waals surface area contributed by atoms with E-state index in [-0.39, 0.29) is 24.8 Å². The lowest BCUT2D eigenvalue weighted by Crippen LogP contribution is -2.03. The van der Waals surface area contributed by atoms with Crippen molar-refractivity contribution in [2.45, 2.75) is 0 Å². The van der Waals surface area contributed by atoms with Crippen molar-refractivity contribution < 1.29 is 19.8 Å². The second-order valence-electron chi connectivity index (χ2n) is 0.676. The van der Waals surface area contributed by atoms with Crippen LogP contribution < -0.4 is 11.5 Å². The molecule has 0 aliphatic heterocycles. The molecule has 0 aromatic rings. The highest BCUT2D eigenvalue weighted by Crippen LogP contribution is 1.35. The molecule has 0 fully saturated rings. The summed E-state index contributed by atoms with van der Waals surface area (Å²) in [6.45, 7) is 0. The van der Waals surface area contributed by atoms with Crippen molar-refractivity contribution in [3.63, 3.8) is 0 Å². The fourth-order valence-electron chi connectivity index (χ4n) is 0. The average molecular weight is 195 g/mol. The Morgan fingerprint density at radius 1 is 0.900 bits per heavy atom. The molecule has 64 valence electrons. The summed E-state index contributed by atoms with van der Waals surface area (Å²) in [6, 6.07) is 0. The van der Waals surface area contributed by atoms with Crippen LogP contribution in [0.4, 0.5) is 9.59 Å². The molecule has 0 spiro atoms. The van der Waals surface area contributed by atoms with Gasteiger partial charge in [0.05, 0.1) is 0 Å². The van der Waals surface area contributed by atoms with Gasteiger partial charge in [-0.05, 0) is 0 Å². The molecule has 6 N–H and O–H groups in total. The van der Waals surface area contributed by atoms with Crippen molar-refractivity contribution >= 4 is 37.0 Å². The molecule has 8 heteroatoms. The summed E-state index contributed by atoms with van der Waals surface area (Å²) in [6.07, 6.45) is -2.67. The number of carbonyl (C=O) groups is 2. The summed E-state index contributed by atoms with van der Waals surface area (Å²) >= 11 is 0. The molecule has 2 amide bonds. The fraction of sp³-hybridized carbons (Fsp3) is 0. The number of carboxylic acid groups (broad SMARTS) is 2. The third-order valence-corrected chi connectivity index (χ3v) is 0. The standard InChI is InChI=1S/2CH3NO2.2ClH/c2*2-1(3)4;;/h2*2H2,(H,3,4);2*1H. The molecule has 0 aromatic heterocycles. The Bertz CT molecular complexity index is 77.3. The van der Waals surface area contributed by atoms with E-state index in [1.54, 1.807) is 0 Å². The Morgan fingerprint density at radius 2 is 0.900 bits per heavy atom. The number of nitrogens with two attached hydrogens (primary N) is 2. The highest BCUT2D eigenvalue weighted by Gasteiger charge is 1.65. The fourth-order valence-corrected chi connectivity index (χ4v) is 0. The summed E-state index contributed by atoms with van der Waals surface area (Å²) in [5.74, 6) is 0. The highest BCUT2D eigenvalue weighted by atomic mass is 35.5. The minimum atomic E-state index is -1.33. The first kappa shape index (κ1) is 22.9. The average Bonchev–Trinajstić information content (AvgIpc) is 1.25. The van der Waals surface area contributed by atoms with E-state index in [4.69, 9.17) is 19.8 Å². The van der Waals surface area contributed by atoms with Crippen molar-refractivity contribution in [3.8, 4) is 0 Å². The molecule has 0 atom stereocenters. The van der Waals surface area contributed by atoms with Crippen LogP contribution >= 0.6 is 24.8 Å². The molecular weight excluding hydrogens is 187 g/mol. The van der Waals surface area contributed by atoms with Gasteiger partial charge in [-0.25, -0.2) is 9.59 Å². The highest BCUT2D eigenvalue weighted by molar-refractivity contribution is 5.85. The van der Waals surface area contributed by atoms with Crippen LogP contribution in [0.3, 0.4) is 0 Å². The van der Waals surface area contributed by atoms with Crippen LogP contribution in [0.1, 0.15) is 0 Å². The van der Waals surface area contributed by atoms with E-state index < -0.39 is 12.2 Å². The smallest absolute Gasteiger partial charge is 0.402 e. The van der Waals surface area contributed by atoms with E-state index >= 15 is 0 Å². The first-order chi connectivity index (χ1) is 3.46. The Kier molecular flexibility index (Phi) is 36.0. The maximum absolute atomic E-state index is 8.78. The van der Waals surface area contributed by atoms with Crippen molar-refractivity contribution in [2.75, 3.05) is 0 Å². The summed E-state index contributed by atoms with van der Waals surface area (Å²) in [4.78, 5) is 17.6. The summed E-state index contributed by atoms with van der Waals surface area (Å²) in [5.41, 5.74) is 8.06. The lowest BCUT2D eigenvalue weighted by Gasteiger charge is -1.61. The van der Waals surface area contributed by atoms with Gasteiger partial charge in [-0.3, -0.25) is 0 Å². The van der Waals surface area contributed by atoms with Gasteiger partial charge in [0.2, 0.25) is 0 Å². The third-order valence-electron chi connectivity index (χ3n) is 0. The van der Waals surface area contributed by atoms with Crippen LogP contribution in [0.15, 0.2) is 0 Å². The number of rotatable bonds is 0. The zero-order valence-electron chi connectivity index (χ0n) is 4.68. The Labute approximate surface area is 69.0 Å². The second-order valence-corrected chi connectivity index (χ2v) is 0.676. The predicted octanol–water partition coefficient (Wildman–Crippen LogP) is 0.0898. The van der Waals surface area contributed by atoms with E-state index in [0.717, 1.165) is 0 Å². The van der Waals surface area contributed by atoms with Gasteiger partial charge in [0.15, 0.2) is 0 Å². The lowest BCUT2D eigenvalue weighted by molar-refractivity contribution is 0.204. The molecule has 0 aromatic carbocycles. The molecule has 0 saturated carbocycles. The van der Waals surface area contributed by atoms with Crippen molar-refractivity contribution in [3.05, 3.63) is 0 Å². The number of amides is 2. The van der Waals surface area contributed by atoms with Crippen molar-refractivity contribution in [1.29, 1.82) is 0 Å². The van der Waals surface area contributed by atoms with E-state index in [9.17, 15) is 0 Å². The third kappa shape index (κ3) is 344. The van der Waals surface area contributed by atoms with Gasteiger partial charge in [-0.2, -0.15) is 0 Å². The van der Waals surface area contributed by atoms with Gasteiger partial charge < -0.3 is 21.7 Å². The Morgan fingerprint density at radius 3 is 0.900 bits per heavy atom. The van der Waals surface area contributed by atoms with Gasteiger partial charge in [0, 0.05) is 0 Å². The minimum absolute atomic E-state index is 0. The maximum atomic E-state index is 8.78. The monoisotopic (exact) mass is 194 g/mol. The van der Waals surface area contributed by atoms with Gasteiger partial charge in [-0.15, -0.1) is 24.8 Å². The maximum Gasteiger partial charge on any atom is 0.402 e. The zero-order chi connectivity index (χ0) is 7.15. The molecule has 0 rings (SSSR count). The SMILES string of the molecule is Cl.Cl.NC(=O)O.NC(=O)O. The van der Waals surface area contributed by atoms with Crippen LogP contribution in [-0.2, 0) is 0 Å². The van der Waals surface area contributed by atoms with Gasteiger partial charge in [-0.1, -0.05) is 0 Å². The van der Waals surface area contributed by atoms with Crippen molar-refractivity contribution in [2.24, 2.45) is 11.5 Å². The summed E-state index contributed by atoms with van der Waals surface area (Å²) in [7, 11) is 0. The molecule has 0 heterocycles. The topological polar surface area (TPSA) is 127 Å². The normalized spacial score (nSPS) is 4.80. The molecule has 0 saturated heterocycles. The van der Waals surface area contributed by atoms with Crippen LogP contribution in [0, 0.1) is 0 Å². The van der Waals surface area contributed by atoms with E-state index in [1.807, 2.05) is 0 Å². The molecule has 6 nitrogen and oxygen atoms in total. The molecule has 0 aliphatic carbocycles. The van der Waals surface area contributed by atoms with E-state index in [1.165, 1.54) is 0 Å². The van der Waals surface area contributed by atoms with Crippen LogP contribution in [0.25, 0.3) is 0 Å². The number of hydrogen-bond donors (Lipinski definition) is 4. The summed E-state index contributed by atoms with van der Waals surface area (Å²) in [5, 5.41) is 14.4. The van der Waals surface area contributed by atoms with Crippen LogP contribution in [0.5, 0.6) is 0 Å². The molecule has 0 radical (unpaired) electrons. The lowest BCUT2D eigenvalue weighted by atomic mass is 11.3. The van der Waals surface area contributed by atoms with Gasteiger partial charge in [0.25, 0.3) is 0 Å². The largest absolute Gasteiger partial charge is 0.465 e. The number of halogens is 2. The quantitative estimate of drug-likeness (QED) is 0.436. The molecule has 0 aliphatic rings. The van der Waals surface area contributed by atoms with Crippen LogP contribution in [0.2, 0.25) is 0 Å². The minimum Gasteiger partial charge on any atom is -0.465 e.